The van der Waals surface area contributed by atoms with Crippen LogP contribution >= 0.6 is 27.5 Å². The molecule has 0 bridgehead atoms. The highest BCUT2D eigenvalue weighted by molar-refractivity contribution is 9.10. The molecule has 7 heteroatoms. The van der Waals surface area contributed by atoms with Crippen LogP contribution in [0.4, 0.5) is 0 Å². The normalized spacial score (nSPS) is 10.8. The van der Waals surface area contributed by atoms with Gasteiger partial charge in [0.05, 0.1) is 15.2 Å². The molecule has 0 aliphatic heterocycles. The first-order valence-electron chi connectivity index (χ1n) is 9.38. The van der Waals surface area contributed by atoms with E-state index in [0.29, 0.717) is 29.5 Å². The summed E-state index contributed by atoms with van der Waals surface area (Å²) in [6.07, 6.45) is 2.75. The second kappa shape index (κ2) is 9.94. The fourth-order valence-corrected chi connectivity index (χ4v) is 3.28. The molecule has 0 atom stereocenters. The van der Waals surface area contributed by atoms with E-state index < -0.39 is 0 Å². The molecule has 0 saturated heterocycles. The van der Waals surface area contributed by atoms with Gasteiger partial charge in [0.15, 0.2) is 0 Å². The van der Waals surface area contributed by atoms with Crippen molar-refractivity contribution in [2.45, 2.75) is 33.4 Å². The van der Waals surface area contributed by atoms with Gasteiger partial charge in [-0.1, -0.05) is 29.8 Å². The van der Waals surface area contributed by atoms with E-state index in [4.69, 9.17) is 16.3 Å². The maximum Gasteiger partial charge on any atom is 0.251 e. The summed E-state index contributed by atoms with van der Waals surface area (Å²) in [4.78, 5) is 12.3. The molecule has 1 N–H and O–H groups in total. The van der Waals surface area contributed by atoms with Crippen LogP contribution in [0.1, 0.15) is 33.6 Å². The average molecular weight is 477 g/mol. The summed E-state index contributed by atoms with van der Waals surface area (Å²) in [6.45, 7) is 5.68. The van der Waals surface area contributed by atoms with Crippen molar-refractivity contribution in [3.8, 4) is 5.75 Å². The van der Waals surface area contributed by atoms with Crippen molar-refractivity contribution >= 4 is 33.4 Å². The van der Waals surface area contributed by atoms with Crippen LogP contribution in [0.25, 0.3) is 0 Å². The smallest absolute Gasteiger partial charge is 0.251 e. The summed E-state index contributed by atoms with van der Waals surface area (Å²) in [5.41, 5.74) is 3.65. The number of benzene rings is 2. The molecular formula is C22H23BrClN3O2. The van der Waals surface area contributed by atoms with Crippen LogP contribution in [0.2, 0.25) is 5.02 Å². The van der Waals surface area contributed by atoms with Crippen molar-refractivity contribution in [1.82, 2.24) is 15.1 Å². The molecular weight excluding hydrogens is 454 g/mol. The number of carbonyl (C=O) groups is 1. The molecule has 0 aliphatic carbocycles. The largest absolute Gasteiger partial charge is 0.487 e. The third kappa shape index (κ3) is 6.08. The van der Waals surface area contributed by atoms with Crippen LogP contribution in [-0.2, 0) is 13.2 Å². The topological polar surface area (TPSA) is 56.1 Å². The number of carbonyl (C=O) groups excluding carboxylic acids is 1. The second-order valence-corrected chi connectivity index (χ2v) is 8.12. The Morgan fingerprint density at radius 1 is 1.21 bits per heavy atom. The van der Waals surface area contributed by atoms with E-state index in [0.717, 1.165) is 34.3 Å². The first-order chi connectivity index (χ1) is 13.9. The molecule has 5 nitrogen and oxygen atoms in total. The Morgan fingerprint density at radius 3 is 2.66 bits per heavy atom. The summed E-state index contributed by atoms with van der Waals surface area (Å²) >= 11 is 9.60. The fourth-order valence-electron chi connectivity index (χ4n) is 2.79. The summed E-state index contributed by atoms with van der Waals surface area (Å²) in [5, 5.41) is 7.91. The Morgan fingerprint density at radius 2 is 1.97 bits per heavy atom. The predicted octanol–water partition coefficient (Wildman–Crippen LogP) is 5.31. The Bertz CT molecular complexity index is 967. The van der Waals surface area contributed by atoms with E-state index in [1.54, 1.807) is 12.1 Å². The van der Waals surface area contributed by atoms with Gasteiger partial charge in [-0.15, -0.1) is 0 Å². The van der Waals surface area contributed by atoms with E-state index in [9.17, 15) is 4.79 Å². The lowest BCUT2D eigenvalue weighted by Crippen LogP contribution is -2.25. The van der Waals surface area contributed by atoms with Gasteiger partial charge in [0.25, 0.3) is 5.91 Å². The number of nitrogens with zero attached hydrogens (tertiary/aromatic N) is 2. The summed E-state index contributed by atoms with van der Waals surface area (Å²) in [6, 6.07) is 13.1. The number of ether oxygens (including phenoxy) is 1. The lowest BCUT2D eigenvalue weighted by atomic mass is 10.1. The molecule has 152 valence electrons. The Kier molecular flexibility index (Phi) is 7.34. The highest BCUT2D eigenvalue weighted by atomic mass is 79.9. The molecule has 3 rings (SSSR count). The maximum absolute atomic E-state index is 12.3. The van der Waals surface area contributed by atoms with Crippen LogP contribution in [0.3, 0.4) is 0 Å². The van der Waals surface area contributed by atoms with Gasteiger partial charge in [0, 0.05) is 24.8 Å². The van der Waals surface area contributed by atoms with E-state index in [1.807, 2.05) is 55.1 Å². The third-order valence-electron chi connectivity index (χ3n) is 4.43. The van der Waals surface area contributed by atoms with Crippen molar-refractivity contribution in [2.75, 3.05) is 6.54 Å². The average Bonchev–Trinajstić information content (AvgIpc) is 3.03. The predicted molar refractivity (Wildman–Crippen MR) is 119 cm³/mol. The van der Waals surface area contributed by atoms with Crippen molar-refractivity contribution in [3.63, 3.8) is 0 Å². The fraction of sp³-hybridized carbons (Fsp3) is 0.273. The van der Waals surface area contributed by atoms with E-state index in [1.165, 1.54) is 0 Å². The lowest BCUT2D eigenvalue weighted by Gasteiger charge is -2.10. The molecule has 1 heterocycles. The van der Waals surface area contributed by atoms with E-state index in [-0.39, 0.29) is 5.91 Å². The first-order valence-corrected chi connectivity index (χ1v) is 10.5. The molecule has 0 spiro atoms. The van der Waals surface area contributed by atoms with Crippen LogP contribution in [0, 0.1) is 13.8 Å². The first kappa shape index (κ1) is 21.4. The zero-order valence-corrected chi connectivity index (χ0v) is 18.8. The molecule has 1 aromatic heterocycles. The summed E-state index contributed by atoms with van der Waals surface area (Å²) in [5.74, 6) is 0.574. The standard InChI is InChI=1S/C22H23BrClN3O2/c1-15-4-9-20(24)21(12-15)29-14-17-5-7-18(8-6-17)22(28)25-10-3-11-27-13-19(23)16(2)26-27/h4-9,12-13H,3,10-11,14H2,1-2H3,(H,25,28). The van der Waals surface area contributed by atoms with Crippen molar-refractivity contribution in [1.29, 1.82) is 0 Å². The summed E-state index contributed by atoms with van der Waals surface area (Å²) < 4.78 is 8.66. The number of hydrogen-bond acceptors (Lipinski definition) is 3. The molecule has 1 amide bonds. The SMILES string of the molecule is Cc1ccc(Cl)c(OCc2ccc(C(=O)NCCCn3cc(Br)c(C)n3)cc2)c1. The molecule has 0 aliphatic rings. The Hall–Kier alpha value is -2.31. The van der Waals surface area contributed by atoms with Crippen LogP contribution in [-0.4, -0.2) is 22.2 Å². The Balaban J connectivity index is 1.45. The van der Waals surface area contributed by atoms with Crippen molar-refractivity contribution < 1.29 is 9.53 Å². The third-order valence-corrected chi connectivity index (χ3v) is 5.52. The molecule has 0 saturated carbocycles. The summed E-state index contributed by atoms with van der Waals surface area (Å²) in [7, 11) is 0. The minimum absolute atomic E-state index is 0.0861. The van der Waals surface area contributed by atoms with Gasteiger partial charge in [-0.3, -0.25) is 9.48 Å². The number of aromatic nitrogens is 2. The van der Waals surface area contributed by atoms with Crippen LogP contribution in [0.15, 0.2) is 53.1 Å². The number of aryl methyl sites for hydroxylation is 3. The number of halogens is 2. The van der Waals surface area contributed by atoms with Gasteiger partial charge in [0.2, 0.25) is 0 Å². The van der Waals surface area contributed by atoms with Crippen LogP contribution in [0.5, 0.6) is 5.75 Å². The van der Waals surface area contributed by atoms with Gasteiger partial charge >= 0.3 is 0 Å². The zero-order valence-electron chi connectivity index (χ0n) is 16.4. The molecule has 3 aromatic rings. The van der Waals surface area contributed by atoms with Gasteiger partial charge in [-0.05, 0) is 71.6 Å². The maximum atomic E-state index is 12.3. The minimum Gasteiger partial charge on any atom is -0.487 e. The minimum atomic E-state index is -0.0861. The lowest BCUT2D eigenvalue weighted by molar-refractivity contribution is 0.0952. The van der Waals surface area contributed by atoms with Gasteiger partial charge < -0.3 is 10.1 Å². The number of nitrogens with one attached hydrogen (secondary N) is 1. The van der Waals surface area contributed by atoms with Gasteiger partial charge in [0.1, 0.15) is 12.4 Å². The quantitative estimate of drug-likeness (QED) is 0.448. The van der Waals surface area contributed by atoms with E-state index in [2.05, 4.69) is 26.3 Å². The molecule has 0 fully saturated rings. The Labute approximate surface area is 184 Å². The number of hydrogen-bond donors (Lipinski definition) is 1. The highest BCUT2D eigenvalue weighted by Gasteiger charge is 2.07. The second-order valence-electron chi connectivity index (χ2n) is 6.85. The monoisotopic (exact) mass is 475 g/mol. The highest BCUT2D eigenvalue weighted by Crippen LogP contribution is 2.26. The van der Waals surface area contributed by atoms with Gasteiger partial charge in [-0.2, -0.15) is 5.10 Å². The molecule has 0 radical (unpaired) electrons. The number of amides is 1. The number of rotatable bonds is 8. The van der Waals surface area contributed by atoms with Crippen molar-refractivity contribution in [2.24, 2.45) is 0 Å². The van der Waals surface area contributed by atoms with Crippen molar-refractivity contribution in [3.05, 3.63) is 80.5 Å². The van der Waals surface area contributed by atoms with Crippen LogP contribution < -0.4 is 10.1 Å². The van der Waals surface area contributed by atoms with Gasteiger partial charge in [-0.25, -0.2) is 0 Å². The molecule has 0 unspecified atom stereocenters. The van der Waals surface area contributed by atoms with E-state index >= 15 is 0 Å². The molecule has 2 aromatic carbocycles. The zero-order chi connectivity index (χ0) is 20.8. The molecule has 29 heavy (non-hydrogen) atoms.